The van der Waals surface area contributed by atoms with Gasteiger partial charge in [-0.15, -0.1) is 0 Å². The number of phenols is 1. The van der Waals surface area contributed by atoms with Crippen LogP contribution in [-0.4, -0.2) is 26.7 Å². The Bertz CT molecular complexity index is 1060. The van der Waals surface area contributed by atoms with Gasteiger partial charge in [0, 0.05) is 24.2 Å². The predicted molar refractivity (Wildman–Crippen MR) is 95.9 cm³/mol. The third-order valence-corrected chi connectivity index (χ3v) is 4.64. The molecular weight excluding hydrogens is 351 g/mol. The van der Waals surface area contributed by atoms with Gasteiger partial charge in [-0.25, -0.2) is 9.18 Å². The van der Waals surface area contributed by atoms with E-state index in [-0.39, 0.29) is 29.3 Å². The summed E-state index contributed by atoms with van der Waals surface area (Å²) in [6, 6.07) is 12.2. The lowest BCUT2D eigenvalue weighted by Crippen LogP contribution is -2.25. The Balaban J connectivity index is 1.97. The molecule has 0 spiro atoms. The van der Waals surface area contributed by atoms with Crippen molar-refractivity contribution < 1.29 is 24.2 Å². The van der Waals surface area contributed by atoms with E-state index in [4.69, 9.17) is 0 Å². The molecule has 2 aromatic carbocycles. The number of aromatic carboxylic acids is 1. The van der Waals surface area contributed by atoms with E-state index in [9.17, 15) is 24.2 Å². The monoisotopic (exact) mass is 366 g/mol. The highest BCUT2D eigenvalue weighted by Crippen LogP contribution is 2.41. The molecule has 3 aromatic rings. The van der Waals surface area contributed by atoms with Crippen LogP contribution in [-0.2, 0) is 4.79 Å². The van der Waals surface area contributed by atoms with Gasteiger partial charge in [-0.3, -0.25) is 4.79 Å². The summed E-state index contributed by atoms with van der Waals surface area (Å²) in [5, 5.41) is 21.7. The van der Waals surface area contributed by atoms with Gasteiger partial charge in [0.15, 0.2) is 0 Å². The molecule has 3 N–H and O–H groups in total. The van der Waals surface area contributed by atoms with Crippen molar-refractivity contribution in [2.45, 2.75) is 12.3 Å². The largest absolute Gasteiger partial charge is 0.508 e. The Kier molecular flexibility index (Phi) is 3.92. The first kappa shape index (κ1) is 16.8. The number of nitrogens with one attached hydrogen (secondary N) is 1. The van der Waals surface area contributed by atoms with Crippen molar-refractivity contribution in [2.75, 3.05) is 5.32 Å². The Morgan fingerprint density at radius 3 is 2.59 bits per heavy atom. The number of hydrogen-bond acceptors (Lipinski definition) is 3. The summed E-state index contributed by atoms with van der Waals surface area (Å²) >= 11 is 0. The normalized spacial score (nSPS) is 15.9. The lowest BCUT2D eigenvalue weighted by molar-refractivity contribution is -0.116. The van der Waals surface area contributed by atoms with E-state index in [2.05, 4.69) is 5.32 Å². The van der Waals surface area contributed by atoms with Gasteiger partial charge in [0.25, 0.3) is 0 Å². The highest BCUT2D eigenvalue weighted by Gasteiger charge is 2.34. The molecule has 1 aromatic heterocycles. The molecule has 1 amide bonds. The second-order valence-electron chi connectivity index (χ2n) is 6.35. The van der Waals surface area contributed by atoms with Crippen molar-refractivity contribution in [3.8, 4) is 11.4 Å². The maximum atomic E-state index is 13.7. The Labute approximate surface area is 153 Å². The number of rotatable bonds is 3. The molecule has 1 aliphatic heterocycles. The minimum Gasteiger partial charge on any atom is -0.508 e. The van der Waals surface area contributed by atoms with Crippen LogP contribution in [0.3, 0.4) is 0 Å². The smallest absolute Gasteiger partial charge is 0.339 e. The minimum atomic E-state index is -1.19. The Hall–Kier alpha value is -3.61. The Morgan fingerprint density at radius 2 is 1.93 bits per heavy atom. The quantitative estimate of drug-likeness (QED) is 0.662. The molecule has 136 valence electrons. The zero-order valence-electron chi connectivity index (χ0n) is 14.0. The number of halogens is 1. The molecule has 0 saturated heterocycles. The SMILES string of the molecule is O=C1C[C@H](c2ccc(O)cc2)c2c(c(C(=O)O)cn2-c2cccc(F)c2)N1. The lowest BCUT2D eigenvalue weighted by Gasteiger charge is -2.26. The molecule has 6 nitrogen and oxygen atoms in total. The number of benzene rings is 2. The number of carbonyl (C=O) groups excluding carboxylic acids is 1. The second kappa shape index (κ2) is 6.28. The molecule has 4 rings (SSSR count). The van der Waals surface area contributed by atoms with Crippen LogP contribution in [0.15, 0.2) is 54.7 Å². The van der Waals surface area contributed by atoms with E-state index in [0.29, 0.717) is 11.4 Å². The van der Waals surface area contributed by atoms with Crippen molar-refractivity contribution in [3.63, 3.8) is 0 Å². The summed E-state index contributed by atoms with van der Waals surface area (Å²) in [7, 11) is 0. The molecule has 0 saturated carbocycles. The average Bonchev–Trinajstić information content (AvgIpc) is 3.01. The van der Waals surface area contributed by atoms with Gasteiger partial charge in [0.1, 0.15) is 17.1 Å². The summed E-state index contributed by atoms with van der Waals surface area (Å²) < 4.78 is 15.3. The number of amides is 1. The summed E-state index contributed by atoms with van der Waals surface area (Å²) in [5.41, 5.74) is 1.91. The molecular formula is C20H15FN2O4. The summed E-state index contributed by atoms with van der Waals surface area (Å²) in [5.74, 6) is -2.29. The fourth-order valence-corrected chi connectivity index (χ4v) is 3.45. The number of phenolic OH excluding ortho intramolecular Hbond substituents is 1. The van der Waals surface area contributed by atoms with Gasteiger partial charge in [0.05, 0.1) is 11.4 Å². The van der Waals surface area contributed by atoms with Crippen molar-refractivity contribution >= 4 is 17.6 Å². The van der Waals surface area contributed by atoms with Gasteiger partial charge >= 0.3 is 5.97 Å². The van der Waals surface area contributed by atoms with Crippen LogP contribution in [0.4, 0.5) is 10.1 Å². The van der Waals surface area contributed by atoms with E-state index in [1.807, 2.05) is 0 Å². The van der Waals surface area contributed by atoms with E-state index >= 15 is 0 Å². The molecule has 1 aliphatic rings. The standard InChI is InChI=1S/C20H15FN2O4/c21-12-2-1-3-13(8-12)23-10-16(20(26)27)18-19(23)15(9-17(25)22-18)11-4-6-14(24)7-5-11/h1-8,10,15,24H,9H2,(H,22,25)(H,26,27)/t15-/m1/s1. The van der Waals surface area contributed by atoms with Crippen LogP contribution < -0.4 is 5.32 Å². The zero-order chi connectivity index (χ0) is 19.1. The van der Waals surface area contributed by atoms with E-state index in [1.165, 1.54) is 36.5 Å². The number of fused-ring (bicyclic) bond motifs is 1. The number of carboxylic acid groups (broad SMARTS) is 1. The Morgan fingerprint density at radius 1 is 1.19 bits per heavy atom. The third-order valence-electron chi connectivity index (χ3n) is 4.64. The number of aromatic hydroxyl groups is 1. The third kappa shape index (κ3) is 2.93. The summed E-state index contributed by atoms with van der Waals surface area (Å²) in [6.07, 6.45) is 1.50. The van der Waals surface area contributed by atoms with Crippen molar-refractivity contribution in [2.24, 2.45) is 0 Å². The zero-order valence-corrected chi connectivity index (χ0v) is 14.0. The maximum absolute atomic E-state index is 13.7. The van der Waals surface area contributed by atoms with E-state index in [0.717, 1.165) is 5.56 Å². The van der Waals surface area contributed by atoms with Crippen LogP contribution in [0.1, 0.15) is 34.0 Å². The van der Waals surface area contributed by atoms with Crippen molar-refractivity contribution in [3.05, 3.63) is 77.4 Å². The highest BCUT2D eigenvalue weighted by molar-refractivity contribution is 6.04. The summed E-state index contributed by atoms with van der Waals surface area (Å²) in [6.45, 7) is 0. The van der Waals surface area contributed by atoms with Crippen LogP contribution in [0.25, 0.3) is 5.69 Å². The number of anilines is 1. The molecule has 2 heterocycles. The number of carboxylic acids is 1. The highest BCUT2D eigenvalue weighted by atomic mass is 19.1. The minimum absolute atomic E-state index is 0.0638. The number of nitrogens with zero attached hydrogens (tertiary/aromatic N) is 1. The fraction of sp³-hybridized carbons (Fsp3) is 0.100. The van der Waals surface area contributed by atoms with Crippen LogP contribution in [0.5, 0.6) is 5.75 Å². The number of aromatic nitrogens is 1. The van der Waals surface area contributed by atoms with Gasteiger partial charge in [0.2, 0.25) is 5.91 Å². The maximum Gasteiger partial charge on any atom is 0.339 e. The molecule has 1 atom stereocenters. The van der Waals surface area contributed by atoms with Crippen LogP contribution >= 0.6 is 0 Å². The van der Waals surface area contributed by atoms with E-state index < -0.39 is 17.7 Å². The number of hydrogen-bond donors (Lipinski definition) is 3. The molecule has 27 heavy (non-hydrogen) atoms. The first-order chi connectivity index (χ1) is 12.9. The van der Waals surface area contributed by atoms with Gasteiger partial charge in [-0.05, 0) is 35.9 Å². The van der Waals surface area contributed by atoms with Gasteiger partial charge < -0.3 is 20.1 Å². The summed E-state index contributed by atoms with van der Waals surface area (Å²) in [4.78, 5) is 23.9. The topological polar surface area (TPSA) is 91.6 Å². The molecule has 0 radical (unpaired) electrons. The van der Waals surface area contributed by atoms with Crippen molar-refractivity contribution in [1.29, 1.82) is 0 Å². The first-order valence-corrected chi connectivity index (χ1v) is 8.27. The van der Waals surface area contributed by atoms with Crippen molar-refractivity contribution in [1.82, 2.24) is 4.57 Å². The molecule has 0 fully saturated rings. The fourth-order valence-electron chi connectivity index (χ4n) is 3.45. The molecule has 0 aliphatic carbocycles. The van der Waals surface area contributed by atoms with Gasteiger partial charge in [-0.1, -0.05) is 18.2 Å². The average molecular weight is 366 g/mol. The van der Waals surface area contributed by atoms with Gasteiger partial charge in [-0.2, -0.15) is 0 Å². The second-order valence-corrected chi connectivity index (χ2v) is 6.35. The molecule has 0 bridgehead atoms. The van der Waals surface area contributed by atoms with Crippen LogP contribution in [0.2, 0.25) is 0 Å². The lowest BCUT2D eigenvalue weighted by atomic mass is 9.88. The number of carbonyl (C=O) groups is 2. The first-order valence-electron chi connectivity index (χ1n) is 8.27. The van der Waals surface area contributed by atoms with Crippen LogP contribution in [0, 0.1) is 5.82 Å². The molecule has 7 heteroatoms. The molecule has 0 unspecified atom stereocenters. The predicted octanol–water partition coefficient (Wildman–Crippen LogP) is 3.49. The van der Waals surface area contributed by atoms with E-state index in [1.54, 1.807) is 22.8 Å².